The summed E-state index contributed by atoms with van der Waals surface area (Å²) in [4.78, 5) is 25.1. The molecule has 2 atom stereocenters. The number of hydrogen-bond acceptors (Lipinski definition) is 4. The van der Waals surface area contributed by atoms with Crippen LogP contribution in [0.5, 0.6) is 0 Å². The zero-order chi connectivity index (χ0) is 12.3. The number of carbonyl (C=O) groups is 2. The maximum Gasteiger partial charge on any atom is 0.407 e. The fourth-order valence-electron chi connectivity index (χ4n) is 2.76. The zero-order valence-electron chi connectivity index (χ0n) is 10.3. The molecule has 2 fully saturated rings. The van der Waals surface area contributed by atoms with Gasteiger partial charge in [-0.25, -0.2) is 4.79 Å². The van der Waals surface area contributed by atoms with Gasteiger partial charge in [-0.1, -0.05) is 6.42 Å². The Kier molecular flexibility index (Phi) is 3.99. The Morgan fingerprint density at radius 2 is 2.24 bits per heavy atom. The van der Waals surface area contributed by atoms with Crippen molar-refractivity contribution in [2.45, 2.75) is 44.2 Å². The standard InChI is InChI=1S/C12H20N2O3/c1-17-12(16)13-9-6-7-14(8-9)10-4-2-3-5-11(10)15/h9-10H,2-8H2,1H3,(H,13,16). The number of nitrogens with one attached hydrogen (secondary N) is 1. The van der Waals surface area contributed by atoms with E-state index in [0.29, 0.717) is 5.78 Å². The maximum atomic E-state index is 11.8. The molecule has 17 heavy (non-hydrogen) atoms. The lowest BCUT2D eigenvalue weighted by Crippen LogP contribution is -2.44. The monoisotopic (exact) mass is 240 g/mol. The van der Waals surface area contributed by atoms with Crippen LogP contribution >= 0.6 is 0 Å². The Bertz CT molecular complexity index is 306. The normalized spacial score (nSPS) is 30.3. The van der Waals surface area contributed by atoms with Gasteiger partial charge in [-0.3, -0.25) is 9.69 Å². The summed E-state index contributed by atoms with van der Waals surface area (Å²) in [5, 5.41) is 2.80. The first-order chi connectivity index (χ1) is 8.20. The molecule has 5 nitrogen and oxygen atoms in total. The topological polar surface area (TPSA) is 58.6 Å². The lowest BCUT2D eigenvalue weighted by molar-refractivity contribution is -0.125. The van der Waals surface area contributed by atoms with Crippen molar-refractivity contribution in [2.75, 3.05) is 20.2 Å². The minimum Gasteiger partial charge on any atom is -0.453 e. The molecule has 1 N–H and O–H groups in total. The minimum atomic E-state index is -0.383. The molecule has 1 heterocycles. The Balaban J connectivity index is 1.84. The van der Waals surface area contributed by atoms with Crippen LogP contribution in [0.2, 0.25) is 0 Å². The van der Waals surface area contributed by atoms with Crippen LogP contribution in [0.15, 0.2) is 0 Å². The molecule has 5 heteroatoms. The van der Waals surface area contributed by atoms with Crippen LogP contribution in [0.1, 0.15) is 32.1 Å². The van der Waals surface area contributed by atoms with E-state index in [1.165, 1.54) is 7.11 Å². The van der Waals surface area contributed by atoms with Gasteiger partial charge in [-0.15, -0.1) is 0 Å². The first-order valence-electron chi connectivity index (χ1n) is 6.32. The number of carbonyl (C=O) groups excluding carboxylic acids is 2. The summed E-state index contributed by atoms with van der Waals surface area (Å²) >= 11 is 0. The molecule has 0 aromatic rings. The van der Waals surface area contributed by atoms with Gasteiger partial charge >= 0.3 is 6.09 Å². The van der Waals surface area contributed by atoms with Crippen molar-refractivity contribution < 1.29 is 14.3 Å². The van der Waals surface area contributed by atoms with Gasteiger partial charge in [0.25, 0.3) is 0 Å². The minimum absolute atomic E-state index is 0.0909. The Morgan fingerprint density at radius 1 is 1.41 bits per heavy atom. The third-order valence-electron chi connectivity index (χ3n) is 3.69. The molecular formula is C12H20N2O3. The van der Waals surface area contributed by atoms with E-state index in [-0.39, 0.29) is 18.2 Å². The Hall–Kier alpha value is -1.10. The third-order valence-corrected chi connectivity index (χ3v) is 3.69. The lowest BCUT2D eigenvalue weighted by Gasteiger charge is -2.29. The van der Waals surface area contributed by atoms with Gasteiger partial charge in [-0.05, 0) is 19.3 Å². The average Bonchev–Trinajstić information content (AvgIpc) is 2.78. The molecule has 0 bridgehead atoms. The predicted molar refractivity (Wildman–Crippen MR) is 62.8 cm³/mol. The molecule has 2 unspecified atom stereocenters. The maximum absolute atomic E-state index is 11.8. The first kappa shape index (κ1) is 12.4. The van der Waals surface area contributed by atoms with E-state index in [4.69, 9.17) is 0 Å². The molecule has 2 aliphatic rings. The van der Waals surface area contributed by atoms with E-state index in [1.54, 1.807) is 0 Å². The van der Waals surface area contributed by atoms with Crippen LogP contribution in [0, 0.1) is 0 Å². The van der Waals surface area contributed by atoms with Crippen LogP contribution in [0.3, 0.4) is 0 Å². The van der Waals surface area contributed by atoms with Crippen LogP contribution in [0.4, 0.5) is 4.79 Å². The summed E-state index contributed by atoms with van der Waals surface area (Å²) in [6, 6.07) is 0.213. The highest BCUT2D eigenvalue weighted by Gasteiger charge is 2.33. The van der Waals surface area contributed by atoms with E-state index in [2.05, 4.69) is 15.0 Å². The van der Waals surface area contributed by atoms with Crippen LogP contribution < -0.4 is 5.32 Å². The SMILES string of the molecule is COC(=O)NC1CCN(C2CCCCC2=O)C1. The molecule has 0 radical (unpaired) electrons. The summed E-state index contributed by atoms with van der Waals surface area (Å²) < 4.78 is 4.58. The number of alkyl carbamates (subject to hydrolysis) is 1. The number of amides is 1. The summed E-state index contributed by atoms with van der Waals surface area (Å²) in [6.45, 7) is 1.66. The van der Waals surface area contributed by atoms with Gasteiger partial charge in [-0.2, -0.15) is 0 Å². The summed E-state index contributed by atoms with van der Waals surface area (Å²) in [6.07, 6.45) is 4.39. The van der Waals surface area contributed by atoms with Crippen molar-refractivity contribution in [2.24, 2.45) is 0 Å². The number of hydrogen-bond donors (Lipinski definition) is 1. The van der Waals surface area contributed by atoms with Crippen molar-refractivity contribution >= 4 is 11.9 Å². The van der Waals surface area contributed by atoms with Crippen LogP contribution in [-0.2, 0) is 9.53 Å². The number of rotatable bonds is 2. The van der Waals surface area contributed by atoms with Crippen LogP contribution in [0.25, 0.3) is 0 Å². The molecule has 1 saturated carbocycles. The molecule has 0 aromatic carbocycles. The fourth-order valence-corrected chi connectivity index (χ4v) is 2.76. The zero-order valence-corrected chi connectivity index (χ0v) is 10.3. The second-order valence-electron chi connectivity index (χ2n) is 4.84. The van der Waals surface area contributed by atoms with E-state index in [0.717, 1.165) is 45.2 Å². The third kappa shape index (κ3) is 2.97. The summed E-state index contributed by atoms with van der Waals surface area (Å²) in [7, 11) is 1.37. The smallest absolute Gasteiger partial charge is 0.407 e. The van der Waals surface area contributed by atoms with Crippen molar-refractivity contribution in [3.05, 3.63) is 0 Å². The Labute approximate surface area is 101 Å². The second-order valence-corrected chi connectivity index (χ2v) is 4.84. The van der Waals surface area contributed by atoms with Gasteiger partial charge in [0.05, 0.1) is 13.2 Å². The number of likely N-dealkylation sites (tertiary alicyclic amines) is 1. The lowest BCUT2D eigenvalue weighted by atomic mass is 9.93. The summed E-state index contributed by atoms with van der Waals surface area (Å²) in [5.74, 6) is 0.370. The number of methoxy groups -OCH3 is 1. The van der Waals surface area contributed by atoms with E-state index in [1.807, 2.05) is 0 Å². The quantitative estimate of drug-likeness (QED) is 0.780. The molecule has 1 aliphatic heterocycles. The van der Waals surface area contributed by atoms with Gasteiger partial charge in [0.2, 0.25) is 0 Å². The van der Waals surface area contributed by atoms with Gasteiger partial charge in [0.1, 0.15) is 5.78 Å². The molecule has 1 amide bonds. The molecule has 2 rings (SSSR count). The van der Waals surface area contributed by atoms with Crippen LogP contribution in [-0.4, -0.2) is 49.1 Å². The highest BCUT2D eigenvalue weighted by atomic mass is 16.5. The molecular weight excluding hydrogens is 220 g/mol. The molecule has 96 valence electrons. The van der Waals surface area contributed by atoms with E-state index < -0.39 is 0 Å². The largest absolute Gasteiger partial charge is 0.453 e. The van der Waals surface area contributed by atoms with Gasteiger partial charge in [0.15, 0.2) is 0 Å². The van der Waals surface area contributed by atoms with Crippen molar-refractivity contribution in [1.29, 1.82) is 0 Å². The van der Waals surface area contributed by atoms with Crippen molar-refractivity contribution in [3.63, 3.8) is 0 Å². The molecule has 0 aromatic heterocycles. The van der Waals surface area contributed by atoms with E-state index in [9.17, 15) is 9.59 Å². The highest BCUT2D eigenvalue weighted by molar-refractivity contribution is 5.84. The second kappa shape index (κ2) is 5.49. The predicted octanol–water partition coefficient (Wildman–Crippen LogP) is 0.928. The number of ketones is 1. The number of Topliss-reactive ketones (excluding diaryl/α,β-unsaturated/α-hetero) is 1. The molecule has 1 aliphatic carbocycles. The molecule has 0 spiro atoms. The summed E-state index contributed by atoms with van der Waals surface area (Å²) in [5.41, 5.74) is 0. The van der Waals surface area contributed by atoms with Gasteiger partial charge in [0, 0.05) is 25.6 Å². The van der Waals surface area contributed by atoms with Crippen molar-refractivity contribution in [1.82, 2.24) is 10.2 Å². The Morgan fingerprint density at radius 3 is 2.94 bits per heavy atom. The van der Waals surface area contributed by atoms with Gasteiger partial charge < -0.3 is 10.1 Å². The van der Waals surface area contributed by atoms with Crippen molar-refractivity contribution in [3.8, 4) is 0 Å². The first-order valence-corrected chi connectivity index (χ1v) is 6.32. The number of ether oxygens (including phenoxy) is 1. The highest BCUT2D eigenvalue weighted by Crippen LogP contribution is 2.23. The fraction of sp³-hybridized carbons (Fsp3) is 0.833. The molecule has 1 saturated heterocycles. The number of nitrogens with zero attached hydrogens (tertiary/aromatic N) is 1. The van der Waals surface area contributed by atoms with E-state index >= 15 is 0 Å². The average molecular weight is 240 g/mol.